The molecule has 5 N–H and O–H groups in total. The number of rotatable bonds is 6. The van der Waals surface area contributed by atoms with Crippen LogP contribution in [0.4, 0.5) is 11.8 Å². The first-order valence-corrected chi connectivity index (χ1v) is 9.37. The normalized spacial score (nSPS) is 26.4. The van der Waals surface area contributed by atoms with Crippen molar-refractivity contribution in [3.8, 4) is 0 Å². The van der Waals surface area contributed by atoms with Gasteiger partial charge in [-0.25, -0.2) is 4.98 Å². The van der Waals surface area contributed by atoms with Crippen LogP contribution in [0.15, 0.2) is 6.20 Å². The molecule has 1 heterocycles. The standard InChI is InChI=1S/C19H33N5O2/c1-6-19(26)9-7-18(5,8-10-19)12-22-16-21-11-13(14(20)25)15(23-16)24-17(2,3)4/h11,26H,6-10,12H2,1-5H3,(H2,20,25)(H2,21,22,23,24). The second-order valence-electron chi connectivity index (χ2n) is 8.94. The predicted molar refractivity (Wildman–Crippen MR) is 104 cm³/mol. The van der Waals surface area contributed by atoms with Crippen LogP contribution in [0.3, 0.4) is 0 Å². The van der Waals surface area contributed by atoms with Crippen LogP contribution in [0.2, 0.25) is 0 Å². The monoisotopic (exact) mass is 363 g/mol. The van der Waals surface area contributed by atoms with Crippen LogP contribution < -0.4 is 16.4 Å². The molecule has 0 radical (unpaired) electrons. The van der Waals surface area contributed by atoms with E-state index in [-0.39, 0.29) is 16.5 Å². The lowest BCUT2D eigenvalue weighted by Crippen LogP contribution is -2.40. The Balaban J connectivity index is 2.08. The Morgan fingerprint density at radius 3 is 2.42 bits per heavy atom. The first kappa shape index (κ1) is 20.4. The second-order valence-corrected chi connectivity index (χ2v) is 8.94. The van der Waals surface area contributed by atoms with E-state index in [0.717, 1.165) is 38.6 Å². The first-order valence-electron chi connectivity index (χ1n) is 9.37. The highest BCUT2D eigenvalue weighted by atomic mass is 16.3. The number of carbonyl (C=O) groups excluding carboxylic acids is 1. The van der Waals surface area contributed by atoms with Gasteiger partial charge < -0.3 is 21.5 Å². The molecule has 0 aliphatic heterocycles. The van der Waals surface area contributed by atoms with Gasteiger partial charge in [0, 0.05) is 18.3 Å². The Morgan fingerprint density at radius 1 is 1.31 bits per heavy atom. The van der Waals surface area contributed by atoms with Gasteiger partial charge in [-0.05, 0) is 58.3 Å². The number of hydrogen-bond donors (Lipinski definition) is 4. The lowest BCUT2D eigenvalue weighted by Gasteiger charge is -2.42. The zero-order valence-electron chi connectivity index (χ0n) is 16.6. The number of aliphatic hydroxyl groups is 1. The molecule has 7 heteroatoms. The van der Waals surface area contributed by atoms with Crippen molar-refractivity contribution in [2.24, 2.45) is 11.1 Å². The molecule has 1 aromatic heterocycles. The fourth-order valence-corrected chi connectivity index (χ4v) is 3.24. The van der Waals surface area contributed by atoms with Crippen molar-refractivity contribution in [3.05, 3.63) is 11.8 Å². The molecule has 26 heavy (non-hydrogen) atoms. The largest absolute Gasteiger partial charge is 0.390 e. The number of nitrogens with one attached hydrogen (secondary N) is 2. The summed E-state index contributed by atoms with van der Waals surface area (Å²) < 4.78 is 0. The summed E-state index contributed by atoms with van der Waals surface area (Å²) in [6.45, 7) is 11.0. The van der Waals surface area contributed by atoms with Crippen molar-refractivity contribution in [1.29, 1.82) is 0 Å². The topological polar surface area (TPSA) is 113 Å². The average molecular weight is 364 g/mol. The van der Waals surface area contributed by atoms with Crippen molar-refractivity contribution < 1.29 is 9.90 Å². The van der Waals surface area contributed by atoms with Crippen LogP contribution in [0, 0.1) is 5.41 Å². The third-order valence-corrected chi connectivity index (χ3v) is 5.27. The summed E-state index contributed by atoms with van der Waals surface area (Å²) in [6, 6.07) is 0. The molecular weight excluding hydrogens is 330 g/mol. The number of nitrogens with zero attached hydrogens (tertiary/aromatic N) is 2. The zero-order valence-corrected chi connectivity index (χ0v) is 16.6. The van der Waals surface area contributed by atoms with E-state index in [9.17, 15) is 9.90 Å². The van der Waals surface area contributed by atoms with Crippen molar-refractivity contribution >= 4 is 17.7 Å². The van der Waals surface area contributed by atoms with Crippen LogP contribution in [-0.4, -0.2) is 38.7 Å². The quantitative estimate of drug-likeness (QED) is 0.618. The van der Waals surface area contributed by atoms with E-state index in [0.29, 0.717) is 11.8 Å². The number of primary amides is 1. The molecule has 1 aliphatic carbocycles. The van der Waals surface area contributed by atoms with Gasteiger partial charge in [-0.2, -0.15) is 4.98 Å². The molecule has 1 amide bonds. The highest BCUT2D eigenvalue weighted by Crippen LogP contribution is 2.41. The van der Waals surface area contributed by atoms with Gasteiger partial charge in [-0.3, -0.25) is 4.79 Å². The van der Waals surface area contributed by atoms with Gasteiger partial charge in [0.15, 0.2) is 0 Å². The van der Waals surface area contributed by atoms with E-state index in [2.05, 4.69) is 27.5 Å². The van der Waals surface area contributed by atoms with Gasteiger partial charge in [0.2, 0.25) is 5.95 Å². The lowest BCUT2D eigenvalue weighted by molar-refractivity contribution is -0.0295. The summed E-state index contributed by atoms with van der Waals surface area (Å²) in [6.07, 6.45) is 5.81. The Labute approximate surface area is 156 Å². The molecule has 2 rings (SSSR count). The minimum absolute atomic E-state index is 0.0880. The lowest BCUT2D eigenvalue weighted by atomic mass is 9.69. The van der Waals surface area contributed by atoms with Gasteiger partial charge in [-0.1, -0.05) is 13.8 Å². The summed E-state index contributed by atoms with van der Waals surface area (Å²) in [5.74, 6) is 0.359. The molecule has 1 fully saturated rings. The Bertz CT molecular complexity index is 646. The van der Waals surface area contributed by atoms with Gasteiger partial charge in [0.05, 0.1) is 11.2 Å². The highest BCUT2D eigenvalue weighted by Gasteiger charge is 2.37. The van der Waals surface area contributed by atoms with E-state index < -0.39 is 11.5 Å². The summed E-state index contributed by atoms with van der Waals surface area (Å²) in [5.41, 5.74) is 5.03. The SMILES string of the molecule is CCC1(O)CCC(C)(CNc2ncc(C(N)=O)c(NC(C)(C)C)n2)CC1. The highest BCUT2D eigenvalue weighted by molar-refractivity contribution is 5.97. The number of hydrogen-bond acceptors (Lipinski definition) is 6. The number of aromatic nitrogens is 2. The number of amides is 1. The third kappa shape index (κ3) is 5.30. The molecule has 7 nitrogen and oxygen atoms in total. The summed E-state index contributed by atoms with van der Waals surface area (Å²) in [7, 11) is 0. The molecule has 0 aromatic carbocycles. The second kappa shape index (κ2) is 7.39. The van der Waals surface area contributed by atoms with E-state index in [1.54, 1.807) is 0 Å². The van der Waals surface area contributed by atoms with Crippen LogP contribution in [-0.2, 0) is 0 Å². The van der Waals surface area contributed by atoms with Gasteiger partial charge >= 0.3 is 0 Å². The molecule has 1 aliphatic rings. The average Bonchev–Trinajstić information content (AvgIpc) is 2.55. The predicted octanol–water partition coefficient (Wildman–Crippen LogP) is 2.92. The van der Waals surface area contributed by atoms with Crippen LogP contribution in [0.5, 0.6) is 0 Å². The van der Waals surface area contributed by atoms with E-state index in [4.69, 9.17) is 5.73 Å². The summed E-state index contributed by atoms with van der Waals surface area (Å²) in [5, 5.41) is 16.9. The van der Waals surface area contributed by atoms with Gasteiger partial charge in [0.1, 0.15) is 5.82 Å². The maximum atomic E-state index is 11.6. The smallest absolute Gasteiger partial charge is 0.254 e. The minimum atomic E-state index is -0.554. The molecule has 0 spiro atoms. The summed E-state index contributed by atoms with van der Waals surface area (Å²) in [4.78, 5) is 20.3. The zero-order chi connectivity index (χ0) is 19.6. The van der Waals surface area contributed by atoms with Crippen molar-refractivity contribution in [1.82, 2.24) is 9.97 Å². The Morgan fingerprint density at radius 2 is 1.92 bits per heavy atom. The number of anilines is 2. The maximum absolute atomic E-state index is 11.6. The van der Waals surface area contributed by atoms with Crippen LogP contribution >= 0.6 is 0 Å². The Kier molecular flexibility index (Phi) is 5.80. The molecule has 146 valence electrons. The molecule has 0 unspecified atom stereocenters. The molecule has 0 bridgehead atoms. The van der Waals surface area contributed by atoms with Crippen LogP contribution in [0.1, 0.15) is 77.1 Å². The molecule has 0 atom stereocenters. The first-order chi connectivity index (χ1) is 12.0. The van der Waals surface area contributed by atoms with E-state index in [1.807, 2.05) is 27.7 Å². The van der Waals surface area contributed by atoms with E-state index >= 15 is 0 Å². The number of nitrogens with two attached hydrogens (primary N) is 1. The Hall–Kier alpha value is -1.89. The third-order valence-electron chi connectivity index (χ3n) is 5.27. The van der Waals surface area contributed by atoms with Crippen molar-refractivity contribution in [3.63, 3.8) is 0 Å². The molecule has 1 saturated carbocycles. The number of carbonyl (C=O) groups is 1. The minimum Gasteiger partial charge on any atom is -0.390 e. The van der Waals surface area contributed by atoms with Gasteiger partial charge in [-0.15, -0.1) is 0 Å². The van der Waals surface area contributed by atoms with E-state index in [1.165, 1.54) is 6.20 Å². The maximum Gasteiger partial charge on any atom is 0.254 e. The molecule has 0 saturated heterocycles. The molecule has 1 aromatic rings. The fourth-order valence-electron chi connectivity index (χ4n) is 3.24. The summed E-state index contributed by atoms with van der Waals surface area (Å²) >= 11 is 0. The van der Waals surface area contributed by atoms with Crippen LogP contribution in [0.25, 0.3) is 0 Å². The van der Waals surface area contributed by atoms with Gasteiger partial charge in [0.25, 0.3) is 5.91 Å². The van der Waals surface area contributed by atoms with Crippen molar-refractivity contribution in [2.75, 3.05) is 17.2 Å². The fraction of sp³-hybridized carbons (Fsp3) is 0.737. The molecular formula is C19H33N5O2. The van der Waals surface area contributed by atoms with Crippen molar-refractivity contribution in [2.45, 2.75) is 77.9 Å².